The molecule has 17 nitrogen and oxygen atoms in total. The number of guanidine groups is 2. The van der Waals surface area contributed by atoms with E-state index in [-0.39, 0.29) is 50.2 Å². The van der Waals surface area contributed by atoms with Crippen molar-refractivity contribution in [3.63, 3.8) is 0 Å². The van der Waals surface area contributed by atoms with Crippen molar-refractivity contribution in [1.29, 1.82) is 0 Å². The zero-order valence-electron chi connectivity index (χ0n) is 27.8. The molecule has 5 amide bonds. The summed E-state index contributed by atoms with van der Waals surface area (Å²) in [7, 11) is 0. The minimum Gasteiger partial charge on any atom is -0.370 e. The quantitative estimate of drug-likeness (QED) is 0.0414. The van der Waals surface area contributed by atoms with Crippen molar-refractivity contribution in [2.45, 2.75) is 89.0 Å². The topological polar surface area (TPSA) is 306 Å². The predicted octanol–water partition coefficient (Wildman–Crippen LogP) is -2.75. The molecule has 5 atom stereocenters. The molecule has 48 heavy (non-hydrogen) atoms. The highest BCUT2D eigenvalue weighted by Crippen LogP contribution is 2.21. The molecular weight excluding hydrogens is 620 g/mol. The van der Waals surface area contributed by atoms with E-state index >= 15 is 0 Å². The summed E-state index contributed by atoms with van der Waals surface area (Å²) >= 11 is 0. The number of likely N-dealkylation sites (tertiary alicyclic amines) is 1. The lowest BCUT2D eigenvalue weighted by Gasteiger charge is -2.30. The number of carbonyl (C=O) groups excluding carboxylic acids is 5. The van der Waals surface area contributed by atoms with Gasteiger partial charge in [-0.3, -0.25) is 34.0 Å². The Morgan fingerprint density at radius 2 is 1.44 bits per heavy atom. The average molecular weight is 673 g/mol. The summed E-state index contributed by atoms with van der Waals surface area (Å²) in [5.74, 6) is -3.33. The first-order valence-electron chi connectivity index (χ1n) is 16.1. The van der Waals surface area contributed by atoms with Gasteiger partial charge in [0.25, 0.3) is 0 Å². The number of rotatable bonds is 19. The van der Waals surface area contributed by atoms with Gasteiger partial charge in [-0.05, 0) is 50.0 Å². The van der Waals surface area contributed by atoms with E-state index in [0.29, 0.717) is 32.2 Å². The van der Waals surface area contributed by atoms with Crippen LogP contribution >= 0.6 is 0 Å². The second kappa shape index (κ2) is 19.7. The molecule has 266 valence electrons. The van der Waals surface area contributed by atoms with E-state index in [4.69, 9.17) is 34.4 Å². The first kappa shape index (κ1) is 39.2. The largest absolute Gasteiger partial charge is 0.370 e. The van der Waals surface area contributed by atoms with Gasteiger partial charge in [-0.2, -0.15) is 0 Å². The third-order valence-electron chi connectivity index (χ3n) is 7.89. The van der Waals surface area contributed by atoms with Gasteiger partial charge in [-0.1, -0.05) is 44.2 Å². The molecule has 15 N–H and O–H groups in total. The number of amides is 5. The maximum Gasteiger partial charge on any atom is 0.246 e. The summed E-state index contributed by atoms with van der Waals surface area (Å²) in [6, 6.07) is 4.26. The van der Waals surface area contributed by atoms with Gasteiger partial charge in [0.15, 0.2) is 11.9 Å². The van der Waals surface area contributed by atoms with Crippen LogP contribution in [0.1, 0.15) is 57.9 Å². The number of aliphatic imine (C=N–C) groups is 2. The van der Waals surface area contributed by atoms with E-state index in [2.05, 4.69) is 25.9 Å². The van der Waals surface area contributed by atoms with Crippen LogP contribution in [0.25, 0.3) is 0 Å². The highest BCUT2D eigenvalue weighted by Gasteiger charge is 2.39. The minimum absolute atomic E-state index is 0.0611. The minimum atomic E-state index is -1.07. The summed E-state index contributed by atoms with van der Waals surface area (Å²) in [4.78, 5) is 75.3. The normalized spacial score (nSPS) is 16.6. The standard InChI is InChI=1S/C31H52N12O5/c1-18(2)24(25(33)44)42-27(46)21(12-7-15-39-31(36)37)40-28(47)23-13-8-16-43(23)29(48)22(17-19-9-4-3-5-10-19)41-26(45)20(32)11-6-14-38-30(34)35/h3-5,9-10,18,20-24H,6-8,11-17,32H2,1-2H3,(H2,33,44)(H,40,47)(H,41,45)(H,42,46)(H4,34,35,38)(H4,36,37,39)/t20-,21-,22-,23-,24-/m1/s1. The molecule has 17 heteroatoms. The van der Waals surface area contributed by atoms with Gasteiger partial charge in [-0.15, -0.1) is 0 Å². The van der Waals surface area contributed by atoms with Crippen LogP contribution in [0.2, 0.25) is 0 Å². The molecule has 0 bridgehead atoms. The Hall–Kier alpha value is -4.93. The molecule has 1 aliphatic heterocycles. The van der Waals surface area contributed by atoms with Gasteiger partial charge in [-0.25, -0.2) is 0 Å². The van der Waals surface area contributed by atoms with Crippen LogP contribution in [0.4, 0.5) is 0 Å². The van der Waals surface area contributed by atoms with Crippen molar-refractivity contribution in [1.82, 2.24) is 20.9 Å². The summed E-state index contributed by atoms with van der Waals surface area (Å²) in [5.41, 5.74) is 33.9. The van der Waals surface area contributed by atoms with E-state index in [0.717, 1.165) is 5.56 Å². The van der Waals surface area contributed by atoms with E-state index in [1.165, 1.54) is 4.90 Å². The van der Waals surface area contributed by atoms with Crippen molar-refractivity contribution in [2.75, 3.05) is 19.6 Å². The highest BCUT2D eigenvalue weighted by molar-refractivity contribution is 5.96. The van der Waals surface area contributed by atoms with E-state index in [1.807, 2.05) is 30.3 Å². The Bertz CT molecular complexity index is 1300. The molecule has 0 aliphatic carbocycles. The van der Waals surface area contributed by atoms with Crippen LogP contribution in [0.3, 0.4) is 0 Å². The van der Waals surface area contributed by atoms with Crippen molar-refractivity contribution in [3.8, 4) is 0 Å². The highest BCUT2D eigenvalue weighted by atomic mass is 16.2. The molecule has 0 aromatic heterocycles. The average Bonchev–Trinajstić information content (AvgIpc) is 3.52. The Kier molecular flexibility index (Phi) is 16.1. The maximum atomic E-state index is 14.0. The fourth-order valence-electron chi connectivity index (χ4n) is 5.34. The summed E-state index contributed by atoms with van der Waals surface area (Å²) < 4.78 is 0. The van der Waals surface area contributed by atoms with Crippen molar-refractivity contribution in [3.05, 3.63) is 35.9 Å². The number of hydrogen-bond acceptors (Lipinski definition) is 8. The fourth-order valence-corrected chi connectivity index (χ4v) is 5.34. The Morgan fingerprint density at radius 1 is 0.833 bits per heavy atom. The predicted molar refractivity (Wildman–Crippen MR) is 183 cm³/mol. The number of hydrogen-bond donors (Lipinski definition) is 9. The monoisotopic (exact) mass is 672 g/mol. The Balaban J connectivity index is 2.24. The van der Waals surface area contributed by atoms with Crippen LogP contribution in [0.5, 0.6) is 0 Å². The van der Waals surface area contributed by atoms with Crippen molar-refractivity contribution in [2.24, 2.45) is 50.3 Å². The summed E-state index contributed by atoms with van der Waals surface area (Å²) in [5, 5.41) is 8.16. The zero-order chi connectivity index (χ0) is 35.8. The lowest BCUT2D eigenvalue weighted by atomic mass is 10.0. The summed E-state index contributed by atoms with van der Waals surface area (Å²) in [6.07, 6.45) is 2.25. The number of nitrogens with one attached hydrogen (secondary N) is 3. The molecule has 2 rings (SSSR count). The first-order valence-corrected chi connectivity index (χ1v) is 16.1. The number of primary amides is 1. The van der Waals surface area contributed by atoms with Crippen LogP contribution in [0, 0.1) is 5.92 Å². The third kappa shape index (κ3) is 13.1. The van der Waals surface area contributed by atoms with Crippen LogP contribution in [-0.4, -0.2) is 96.2 Å². The van der Waals surface area contributed by atoms with Crippen LogP contribution in [0.15, 0.2) is 40.3 Å². The smallest absolute Gasteiger partial charge is 0.246 e. The molecule has 1 saturated heterocycles. The fraction of sp³-hybridized carbons (Fsp3) is 0.581. The molecule has 0 unspecified atom stereocenters. The van der Waals surface area contributed by atoms with Gasteiger partial charge in [0.1, 0.15) is 24.2 Å². The van der Waals surface area contributed by atoms with E-state index in [9.17, 15) is 24.0 Å². The SMILES string of the molecule is CC(C)[C@@H](NC(=O)[C@@H](CCCN=C(N)N)NC(=O)[C@H]1CCCN1C(=O)[C@@H](Cc1ccccc1)NC(=O)[C@H](N)CCCN=C(N)N)C(N)=O. The summed E-state index contributed by atoms with van der Waals surface area (Å²) in [6.45, 7) is 4.23. The third-order valence-corrected chi connectivity index (χ3v) is 7.89. The first-order chi connectivity index (χ1) is 22.7. The Labute approximate surface area is 281 Å². The molecule has 1 aromatic rings. The van der Waals surface area contributed by atoms with Gasteiger partial charge < -0.3 is 55.3 Å². The zero-order valence-corrected chi connectivity index (χ0v) is 27.8. The molecular formula is C31H52N12O5. The lowest BCUT2D eigenvalue weighted by molar-refractivity contribution is -0.142. The Morgan fingerprint density at radius 3 is 2.00 bits per heavy atom. The second-order valence-electron chi connectivity index (χ2n) is 12.1. The maximum absolute atomic E-state index is 14.0. The van der Waals surface area contributed by atoms with E-state index in [1.54, 1.807) is 13.8 Å². The number of nitrogens with two attached hydrogens (primary N) is 6. The molecule has 1 fully saturated rings. The van der Waals surface area contributed by atoms with E-state index < -0.39 is 59.7 Å². The number of benzene rings is 1. The van der Waals surface area contributed by atoms with Gasteiger partial charge in [0.05, 0.1) is 6.04 Å². The second-order valence-corrected chi connectivity index (χ2v) is 12.1. The van der Waals surface area contributed by atoms with Crippen molar-refractivity contribution >= 4 is 41.5 Å². The van der Waals surface area contributed by atoms with Crippen LogP contribution in [-0.2, 0) is 30.4 Å². The molecule has 1 aliphatic rings. The molecule has 1 heterocycles. The number of nitrogens with zero attached hydrogens (tertiary/aromatic N) is 3. The van der Waals surface area contributed by atoms with Gasteiger partial charge in [0.2, 0.25) is 29.5 Å². The molecule has 0 saturated carbocycles. The molecule has 1 aromatic carbocycles. The van der Waals surface area contributed by atoms with Gasteiger partial charge >= 0.3 is 0 Å². The van der Waals surface area contributed by atoms with Crippen LogP contribution < -0.4 is 50.4 Å². The van der Waals surface area contributed by atoms with Crippen molar-refractivity contribution < 1.29 is 24.0 Å². The molecule has 0 spiro atoms. The lowest BCUT2D eigenvalue weighted by Crippen LogP contribution is -2.59. The van der Waals surface area contributed by atoms with Gasteiger partial charge in [0, 0.05) is 26.1 Å². The molecule has 0 radical (unpaired) electrons. The number of carbonyl (C=O) groups is 5.